The molecule has 0 saturated carbocycles. The molecule has 1 fully saturated rings. The number of likely N-dealkylation sites (tertiary alicyclic amines) is 1. The molecule has 0 unspecified atom stereocenters. The number of amidine groups is 1. The summed E-state index contributed by atoms with van der Waals surface area (Å²) in [5, 5.41) is 7.36. The largest absolute Gasteiger partial charge is 0.342 e. The molecule has 1 spiro atoms. The number of carbonyl (C=O) groups is 1. The Hall–Kier alpha value is -2.66. The van der Waals surface area contributed by atoms with Gasteiger partial charge in [-0.2, -0.15) is 0 Å². The summed E-state index contributed by atoms with van der Waals surface area (Å²) in [4.78, 5) is 20.2. The summed E-state index contributed by atoms with van der Waals surface area (Å²) < 4.78 is 0. The molecular formula is C24H30N4O. The number of hydrogen-bond donors (Lipinski definition) is 2. The van der Waals surface area contributed by atoms with Crippen molar-refractivity contribution in [3.63, 3.8) is 0 Å². The van der Waals surface area contributed by atoms with Gasteiger partial charge in [0.05, 0.1) is 11.1 Å². The van der Waals surface area contributed by atoms with Crippen molar-refractivity contribution in [1.82, 2.24) is 10.2 Å². The zero-order chi connectivity index (χ0) is 20.6. The first-order valence-electron chi connectivity index (χ1n) is 10.3. The molecule has 1 saturated heterocycles. The van der Waals surface area contributed by atoms with E-state index in [0.29, 0.717) is 13.1 Å². The molecule has 0 bridgehead atoms. The average molecular weight is 391 g/mol. The van der Waals surface area contributed by atoms with E-state index in [1.165, 1.54) is 5.56 Å². The molecule has 152 valence electrons. The maximum Gasteiger partial charge on any atom is 0.254 e. The van der Waals surface area contributed by atoms with Crippen molar-refractivity contribution < 1.29 is 4.79 Å². The Labute approximate surface area is 173 Å². The third kappa shape index (κ3) is 3.92. The lowest BCUT2D eigenvalue weighted by Gasteiger charge is -2.32. The molecule has 2 aliphatic heterocycles. The van der Waals surface area contributed by atoms with Gasteiger partial charge in [-0.3, -0.25) is 15.1 Å². The van der Waals surface area contributed by atoms with Crippen molar-refractivity contribution in [2.45, 2.75) is 51.7 Å². The minimum atomic E-state index is -0.370. The van der Waals surface area contributed by atoms with Gasteiger partial charge in [0.25, 0.3) is 5.91 Å². The molecule has 4 rings (SSSR count). The smallest absolute Gasteiger partial charge is 0.254 e. The fourth-order valence-corrected chi connectivity index (χ4v) is 4.17. The van der Waals surface area contributed by atoms with E-state index >= 15 is 0 Å². The van der Waals surface area contributed by atoms with E-state index in [0.717, 1.165) is 35.6 Å². The van der Waals surface area contributed by atoms with Crippen molar-refractivity contribution in [2.75, 3.05) is 18.4 Å². The van der Waals surface area contributed by atoms with Crippen LogP contribution in [0.2, 0.25) is 0 Å². The summed E-state index contributed by atoms with van der Waals surface area (Å²) >= 11 is 0. The van der Waals surface area contributed by atoms with Crippen LogP contribution in [0.15, 0.2) is 53.5 Å². The normalized spacial score (nSPS) is 23.0. The van der Waals surface area contributed by atoms with Gasteiger partial charge in [0.2, 0.25) is 0 Å². The first-order chi connectivity index (χ1) is 13.8. The number of nitrogens with one attached hydrogen (secondary N) is 2. The number of amides is 1. The molecule has 2 aliphatic rings. The molecule has 0 aromatic heterocycles. The maximum absolute atomic E-state index is 13.2. The van der Waals surface area contributed by atoms with Gasteiger partial charge in [0.15, 0.2) is 0 Å². The lowest BCUT2D eigenvalue weighted by Crippen LogP contribution is -2.56. The molecule has 0 aliphatic carbocycles. The van der Waals surface area contributed by atoms with E-state index in [-0.39, 0.29) is 17.0 Å². The molecule has 2 heterocycles. The molecule has 5 heteroatoms. The fraction of sp³-hybridized carbons (Fsp3) is 0.417. The Morgan fingerprint density at radius 1 is 1.10 bits per heavy atom. The van der Waals surface area contributed by atoms with Gasteiger partial charge in [-0.1, -0.05) is 36.4 Å². The van der Waals surface area contributed by atoms with Gasteiger partial charge in [-0.05, 0) is 57.4 Å². The van der Waals surface area contributed by atoms with Crippen LogP contribution < -0.4 is 10.6 Å². The Bertz CT molecular complexity index is 959. The number of aliphatic imine (C=N–C) groups is 1. The zero-order valence-corrected chi connectivity index (χ0v) is 17.7. The first kappa shape index (κ1) is 19.6. The highest BCUT2D eigenvalue weighted by Crippen LogP contribution is 2.31. The van der Waals surface area contributed by atoms with Gasteiger partial charge < -0.3 is 10.2 Å². The summed E-state index contributed by atoms with van der Waals surface area (Å²) in [5.74, 6) is 1.02. The molecule has 1 atom stereocenters. The molecule has 5 nitrogen and oxygen atoms in total. The van der Waals surface area contributed by atoms with E-state index < -0.39 is 0 Å². The van der Waals surface area contributed by atoms with E-state index in [1.807, 2.05) is 42.2 Å². The van der Waals surface area contributed by atoms with E-state index in [1.54, 1.807) is 0 Å². The van der Waals surface area contributed by atoms with Crippen LogP contribution in [0.3, 0.4) is 0 Å². The number of nitrogens with zero attached hydrogens (tertiary/aromatic N) is 2. The lowest BCUT2D eigenvalue weighted by atomic mass is 9.95. The monoisotopic (exact) mass is 390 g/mol. The van der Waals surface area contributed by atoms with Crippen LogP contribution in [-0.2, 0) is 6.54 Å². The van der Waals surface area contributed by atoms with Crippen LogP contribution in [0.1, 0.15) is 48.7 Å². The lowest BCUT2D eigenvalue weighted by molar-refractivity contribution is 0.0785. The van der Waals surface area contributed by atoms with E-state index in [4.69, 9.17) is 4.99 Å². The summed E-state index contributed by atoms with van der Waals surface area (Å²) in [7, 11) is 0. The fourth-order valence-electron chi connectivity index (χ4n) is 4.17. The van der Waals surface area contributed by atoms with Crippen LogP contribution in [-0.4, -0.2) is 40.8 Å². The summed E-state index contributed by atoms with van der Waals surface area (Å²) in [6, 6.07) is 16.1. The van der Waals surface area contributed by atoms with Gasteiger partial charge in [-0.15, -0.1) is 0 Å². The second-order valence-electron chi connectivity index (χ2n) is 9.14. The number of para-hydroxylation sites is 1. The molecule has 2 aromatic carbocycles. The van der Waals surface area contributed by atoms with E-state index in [2.05, 4.69) is 49.6 Å². The minimum Gasteiger partial charge on any atom is -0.342 e. The molecular weight excluding hydrogens is 360 g/mol. The Kier molecular flexibility index (Phi) is 4.95. The van der Waals surface area contributed by atoms with Crippen LogP contribution >= 0.6 is 0 Å². The predicted molar refractivity (Wildman–Crippen MR) is 119 cm³/mol. The zero-order valence-electron chi connectivity index (χ0n) is 17.7. The van der Waals surface area contributed by atoms with Gasteiger partial charge >= 0.3 is 0 Å². The van der Waals surface area contributed by atoms with Crippen LogP contribution in [0.5, 0.6) is 0 Å². The number of anilines is 1. The van der Waals surface area contributed by atoms with Gasteiger partial charge in [-0.25, -0.2) is 0 Å². The third-order valence-corrected chi connectivity index (χ3v) is 5.72. The highest BCUT2D eigenvalue weighted by Gasteiger charge is 2.46. The second-order valence-corrected chi connectivity index (χ2v) is 9.14. The van der Waals surface area contributed by atoms with Gasteiger partial charge in [0.1, 0.15) is 5.84 Å². The highest BCUT2D eigenvalue weighted by atomic mass is 16.2. The van der Waals surface area contributed by atoms with Crippen molar-refractivity contribution in [2.24, 2.45) is 4.99 Å². The summed E-state index contributed by atoms with van der Waals surface area (Å²) in [6.07, 6.45) is 0.834. The van der Waals surface area contributed by atoms with Crippen LogP contribution in [0.25, 0.3) is 0 Å². The number of hydrogen-bond acceptors (Lipinski definition) is 3. The molecule has 1 amide bonds. The Morgan fingerprint density at radius 2 is 1.83 bits per heavy atom. The van der Waals surface area contributed by atoms with Gasteiger partial charge in [0, 0.05) is 30.9 Å². The molecule has 29 heavy (non-hydrogen) atoms. The average Bonchev–Trinajstić information content (AvgIpc) is 3.05. The first-order valence-corrected chi connectivity index (χ1v) is 10.3. The molecule has 2 aromatic rings. The summed E-state index contributed by atoms with van der Waals surface area (Å²) in [6.45, 7) is 10.4. The number of fused-ring (bicyclic) bond motifs is 1. The standard InChI is InChI=1S/C24H30N4O/c1-17-9-5-7-11-19(17)21(29)28-14-13-24(16-28)22(27-23(2,3)4)26-20-12-8-6-10-18(20)15-25-24/h5-12,25H,13-16H2,1-4H3,(H,26,27)/t24-/m1/s1. The Balaban J connectivity index is 1.67. The minimum absolute atomic E-state index is 0.0960. The summed E-state index contributed by atoms with van der Waals surface area (Å²) in [5.41, 5.74) is 3.51. The highest BCUT2D eigenvalue weighted by molar-refractivity contribution is 6.05. The SMILES string of the molecule is Cc1ccccc1C(=O)N1CC[C@]2(C1)NCc1ccccc1NC2=NC(C)(C)C. The van der Waals surface area contributed by atoms with Crippen molar-refractivity contribution >= 4 is 17.4 Å². The number of aryl methyl sites for hydroxylation is 1. The van der Waals surface area contributed by atoms with Crippen LogP contribution in [0, 0.1) is 6.92 Å². The number of carbonyl (C=O) groups excluding carboxylic acids is 1. The van der Waals surface area contributed by atoms with Crippen molar-refractivity contribution in [1.29, 1.82) is 0 Å². The molecule has 2 N–H and O–H groups in total. The number of benzene rings is 2. The quantitative estimate of drug-likeness (QED) is 0.774. The Morgan fingerprint density at radius 3 is 2.59 bits per heavy atom. The van der Waals surface area contributed by atoms with E-state index in [9.17, 15) is 4.79 Å². The van der Waals surface area contributed by atoms with Crippen molar-refractivity contribution in [3.8, 4) is 0 Å². The maximum atomic E-state index is 13.2. The van der Waals surface area contributed by atoms with Crippen molar-refractivity contribution in [3.05, 3.63) is 65.2 Å². The van der Waals surface area contributed by atoms with Crippen LogP contribution in [0.4, 0.5) is 5.69 Å². The second kappa shape index (κ2) is 7.30. The topological polar surface area (TPSA) is 56.7 Å². The third-order valence-electron chi connectivity index (χ3n) is 5.72. The molecule has 0 radical (unpaired) electrons. The predicted octanol–water partition coefficient (Wildman–Crippen LogP) is 3.99. The number of rotatable bonds is 1.